The van der Waals surface area contributed by atoms with E-state index < -0.39 is 13.0 Å². The molecule has 0 spiro atoms. The van der Waals surface area contributed by atoms with Gasteiger partial charge in [-0.3, -0.25) is 9.36 Å². The number of hydrogen-bond acceptors (Lipinski definition) is 4. The fourth-order valence-corrected chi connectivity index (χ4v) is 3.32. The van der Waals surface area contributed by atoms with E-state index in [4.69, 9.17) is 9.05 Å². The average molecular weight is 314 g/mol. The lowest BCUT2D eigenvalue weighted by molar-refractivity contribution is -0.126. The van der Waals surface area contributed by atoms with Crippen LogP contribution in [0, 0.1) is 5.82 Å². The highest BCUT2D eigenvalue weighted by molar-refractivity contribution is 7.52. The average Bonchev–Trinajstić information content (AvgIpc) is 2.96. The van der Waals surface area contributed by atoms with Crippen LogP contribution in [0.3, 0.4) is 0 Å². The first-order valence-corrected chi connectivity index (χ1v) is 8.96. The molecular formula is C15H20FO4P. The van der Waals surface area contributed by atoms with Gasteiger partial charge in [-0.05, 0) is 30.5 Å². The molecule has 1 aliphatic carbocycles. The molecule has 1 unspecified atom stereocenters. The molecule has 4 nitrogen and oxygen atoms in total. The fraction of sp³-hybridized carbons (Fsp3) is 0.533. The van der Waals surface area contributed by atoms with Gasteiger partial charge in [-0.25, -0.2) is 4.39 Å². The van der Waals surface area contributed by atoms with Crippen LogP contribution in [0.2, 0.25) is 0 Å². The minimum Gasteiger partial charge on any atom is -0.312 e. The molecule has 1 aromatic rings. The van der Waals surface area contributed by atoms with Crippen LogP contribution in [0.1, 0.15) is 31.2 Å². The maximum Gasteiger partial charge on any atom is 0.327 e. The Morgan fingerprint density at radius 3 is 2.62 bits per heavy atom. The van der Waals surface area contributed by atoms with Crippen LogP contribution in [-0.4, -0.2) is 26.2 Å². The molecule has 6 heteroatoms. The third kappa shape index (κ3) is 3.60. The van der Waals surface area contributed by atoms with Crippen molar-refractivity contribution in [3.05, 3.63) is 35.6 Å². The summed E-state index contributed by atoms with van der Waals surface area (Å²) in [4.78, 5) is 12.6. The lowest BCUT2D eigenvalue weighted by atomic mass is 9.75. The van der Waals surface area contributed by atoms with Gasteiger partial charge < -0.3 is 9.05 Å². The minimum absolute atomic E-state index is 0.162. The number of carbonyl (C=O) groups excluding carboxylic acids is 1. The SMILES string of the molecule is COP(C)(=O)OCC(=O)C1(c2cccc(F)c2)CCCC1. The summed E-state index contributed by atoms with van der Waals surface area (Å²) < 4.78 is 35.1. The quantitative estimate of drug-likeness (QED) is 0.751. The molecule has 2 rings (SSSR count). The Morgan fingerprint density at radius 2 is 2.05 bits per heavy atom. The Balaban J connectivity index is 2.22. The molecule has 0 saturated heterocycles. The Kier molecular flexibility index (Phi) is 4.97. The van der Waals surface area contributed by atoms with Crippen LogP contribution in [-0.2, 0) is 23.8 Å². The van der Waals surface area contributed by atoms with Crippen molar-refractivity contribution >= 4 is 13.4 Å². The number of Topliss-reactive ketones (excluding diaryl/α,β-unsaturated/α-hetero) is 1. The first kappa shape index (κ1) is 16.3. The van der Waals surface area contributed by atoms with Crippen LogP contribution >= 0.6 is 7.60 Å². The van der Waals surface area contributed by atoms with Crippen molar-refractivity contribution in [1.29, 1.82) is 0 Å². The molecule has 0 amide bonds. The lowest BCUT2D eigenvalue weighted by Gasteiger charge is -2.28. The van der Waals surface area contributed by atoms with Gasteiger partial charge in [0.2, 0.25) is 0 Å². The second-order valence-electron chi connectivity index (χ2n) is 5.45. The fourth-order valence-electron chi connectivity index (χ4n) is 2.86. The van der Waals surface area contributed by atoms with Gasteiger partial charge in [-0.2, -0.15) is 0 Å². The molecule has 0 aromatic heterocycles. The smallest absolute Gasteiger partial charge is 0.312 e. The number of benzene rings is 1. The second kappa shape index (κ2) is 6.39. The number of halogens is 1. The summed E-state index contributed by atoms with van der Waals surface area (Å²) in [6, 6.07) is 6.15. The predicted molar refractivity (Wildman–Crippen MR) is 78.0 cm³/mol. The molecule has 0 radical (unpaired) electrons. The zero-order valence-corrected chi connectivity index (χ0v) is 13.2. The van der Waals surface area contributed by atoms with E-state index in [9.17, 15) is 13.8 Å². The van der Waals surface area contributed by atoms with E-state index in [0.29, 0.717) is 18.4 Å². The van der Waals surface area contributed by atoms with Crippen molar-refractivity contribution < 1.29 is 22.8 Å². The van der Waals surface area contributed by atoms with E-state index in [0.717, 1.165) is 12.8 Å². The molecule has 1 saturated carbocycles. The van der Waals surface area contributed by atoms with Gasteiger partial charge >= 0.3 is 7.60 Å². The van der Waals surface area contributed by atoms with Gasteiger partial charge in [0.15, 0.2) is 5.78 Å². The van der Waals surface area contributed by atoms with E-state index in [1.54, 1.807) is 12.1 Å². The van der Waals surface area contributed by atoms with Gasteiger partial charge in [0.05, 0.1) is 5.41 Å². The van der Waals surface area contributed by atoms with Gasteiger partial charge in [-0.15, -0.1) is 0 Å². The highest BCUT2D eigenvalue weighted by Crippen LogP contribution is 2.46. The third-order valence-electron chi connectivity index (χ3n) is 4.13. The number of ketones is 1. The standard InChI is InChI=1S/C15H20FO4P/c1-19-21(2,18)20-11-14(17)15(8-3-4-9-15)12-6-5-7-13(16)10-12/h5-7,10H,3-4,8-9,11H2,1-2H3. The molecule has 1 aromatic carbocycles. The second-order valence-corrected chi connectivity index (χ2v) is 7.62. The first-order chi connectivity index (χ1) is 9.89. The number of rotatable bonds is 6. The molecule has 0 heterocycles. The summed E-state index contributed by atoms with van der Waals surface area (Å²) in [5.74, 6) is -0.518. The lowest BCUT2D eigenvalue weighted by Crippen LogP contribution is -2.35. The summed E-state index contributed by atoms with van der Waals surface area (Å²) in [6.45, 7) is 1.04. The summed E-state index contributed by atoms with van der Waals surface area (Å²) >= 11 is 0. The summed E-state index contributed by atoms with van der Waals surface area (Å²) in [6.07, 6.45) is 3.16. The Bertz CT molecular complexity index is 567. The van der Waals surface area contributed by atoms with Crippen LogP contribution in [0.5, 0.6) is 0 Å². The highest BCUT2D eigenvalue weighted by atomic mass is 31.2. The van der Waals surface area contributed by atoms with Gasteiger partial charge in [0, 0.05) is 13.8 Å². The van der Waals surface area contributed by atoms with Gasteiger partial charge in [0.1, 0.15) is 12.4 Å². The minimum atomic E-state index is -3.19. The maximum atomic E-state index is 13.5. The third-order valence-corrected chi connectivity index (χ3v) is 5.39. The van der Waals surface area contributed by atoms with Crippen LogP contribution in [0.25, 0.3) is 0 Å². The molecule has 1 atom stereocenters. The zero-order chi connectivity index (χ0) is 15.5. The summed E-state index contributed by atoms with van der Waals surface area (Å²) in [7, 11) is -1.91. The largest absolute Gasteiger partial charge is 0.327 e. The van der Waals surface area contributed by atoms with Crippen molar-refractivity contribution in [3.63, 3.8) is 0 Å². The molecular weight excluding hydrogens is 294 g/mol. The highest BCUT2D eigenvalue weighted by Gasteiger charge is 2.43. The van der Waals surface area contributed by atoms with Crippen molar-refractivity contribution in [2.24, 2.45) is 0 Å². The normalized spacial score (nSPS) is 20.1. The van der Waals surface area contributed by atoms with Crippen molar-refractivity contribution in [2.75, 3.05) is 20.4 Å². The molecule has 21 heavy (non-hydrogen) atoms. The number of hydrogen-bond donors (Lipinski definition) is 0. The van der Waals surface area contributed by atoms with E-state index >= 15 is 0 Å². The predicted octanol–water partition coefficient (Wildman–Crippen LogP) is 3.69. The summed E-state index contributed by atoms with van der Waals surface area (Å²) in [5.41, 5.74) is -0.0486. The van der Waals surface area contributed by atoms with Crippen molar-refractivity contribution in [2.45, 2.75) is 31.1 Å². The monoisotopic (exact) mass is 314 g/mol. The van der Waals surface area contributed by atoms with Crippen LogP contribution in [0.15, 0.2) is 24.3 Å². The van der Waals surface area contributed by atoms with Crippen molar-refractivity contribution in [1.82, 2.24) is 0 Å². The van der Waals surface area contributed by atoms with Gasteiger partial charge in [0.25, 0.3) is 0 Å². The molecule has 116 valence electrons. The molecule has 1 fully saturated rings. The first-order valence-electron chi connectivity index (χ1n) is 6.97. The molecule has 0 aliphatic heterocycles. The Hall–Kier alpha value is -1.03. The molecule has 0 N–H and O–H groups in total. The molecule has 0 bridgehead atoms. The molecule has 1 aliphatic rings. The van der Waals surface area contributed by atoms with Gasteiger partial charge in [-0.1, -0.05) is 25.0 Å². The zero-order valence-electron chi connectivity index (χ0n) is 12.3. The van der Waals surface area contributed by atoms with E-state index in [1.807, 2.05) is 0 Å². The van der Waals surface area contributed by atoms with E-state index in [1.165, 1.54) is 25.9 Å². The van der Waals surface area contributed by atoms with Crippen LogP contribution in [0.4, 0.5) is 4.39 Å². The van der Waals surface area contributed by atoms with Crippen molar-refractivity contribution in [3.8, 4) is 0 Å². The van der Waals surface area contributed by atoms with E-state index in [-0.39, 0.29) is 18.2 Å². The topological polar surface area (TPSA) is 52.6 Å². The number of carbonyl (C=O) groups is 1. The maximum absolute atomic E-state index is 13.5. The Morgan fingerprint density at radius 1 is 1.38 bits per heavy atom. The summed E-state index contributed by atoms with van der Waals surface area (Å²) in [5, 5.41) is 0. The van der Waals surface area contributed by atoms with E-state index in [2.05, 4.69) is 0 Å². The Labute approximate surface area is 124 Å². The van der Waals surface area contributed by atoms with Crippen LogP contribution < -0.4 is 0 Å².